The monoisotopic (exact) mass is 465 g/mol. The van der Waals surface area contributed by atoms with Gasteiger partial charge in [0.25, 0.3) is 10.0 Å². The van der Waals surface area contributed by atoms with E-state index < -0.39 is 22.6 Å². The summed E-state index contributed by atoms with van der Waals surface area (Å²) < 4.78 is 38.3. The van der Waals surface area contributed by atoms with Crippen molar-refractivity contribution in [3.63, 3.8) is 0 Å². The van der Waals surface area contributed by atoms with Gasteiger partial charge in [-0.15, -0.1) is 0 Å². The molecule has 0 aliphatic carbocycles. The molecule has 8 heteroatoms. The van der Waals surface area contributed by atoms with Crippen LogP contribution in [0, 0.1) is 0 Å². The molecule has 1 aliphatic heterocycles. The van der Waals surface area contributed by atoms with E-state index in [9.17, 15) is 18.0 Å². The molecule has 0 saturated heterocycles. The highest BCUT2D eigenvalue weighted by molar-refractivity contribution is 7.92. The smallest absolute Gasteiger partial charge is 0.338 e. The summed E-state index contributed by atoms with van der Waals surface area (Å²) in [5.74, 6) is -0.537. The molecule has 0 bridgehead atoms. The summed E-state index contributed by atoms with van der Waals surface area (Å²) in [6, 6.07) is 19.5. The van der Waals surface area contributed by atoms with E-state index in [1.54, 1.807) is 36.4 Å². The Balaban J connectivity index is 1.49. The van der Waals surface area contributed by atoms with E-state index in [0.29, 0.717) is 30.0 Å². The zero-order valence-corrected chi connectivity index (χ0v) is 18.9. The average Bonchev–Trinajstić information content (AvgIpc) is 2.86. The quantitative estimate of drug-likeness (QED) is 0.389. The van der Waals surface area contributed by atoms with Gasteiger partial charge in [-0.2, -0.15) is 0 Å². The molecular weight excluding hydrogens is 442 g/mol. The number of esters is 1. The fourth-order valence-electron chi connectivity index (χ4n) is 3.73. The molecule has 0 amide bonds. The van der Waals surface area contributed by atoms with Gasteiger partial charge in [0.1, 0.15) is 5.75 Å². The van der Waals surface area contributed by atoms with Crippen molar-refractivity contribution in [2.24, 2.45) is 0 Å². The van der Waals surface area contributed by atoms with Crippen molar-refractivity contribution in [2.45, 2.75) is 17.7 Å². The Morgan fingerprint density at radius 3 is 2.45 bits per heavy atom. The summed E-state index contributed by atoms with van der Waals surface area (Å²) in [6.45, 7) is -0.0912. The van der Waals surface area contributed by atoms with Crippen LogP contribution in [0.15, 0.2) is 77.7 Å². The molecule has 0 N–H and O–H groups in total. The number of nitrogens with zero attached hydrogens (tertiary/aromatic N) is 1. The number of para-hydroxylation sites is 1. The second kappa shape index (κ2) is 9.46. The summed E-state index contributed by atoms with van der Waals surface area (Å²) in [6.07, 6.45) is 1.53. The number of hydrogen-bond acceptors (Lipinski definition) is 6. The van der Waals surface area contributed by atoms with Crippen molar-refractivity contribution in [3.05, 3.63) is 89.5 Å². The van der Waals surface area contributed by atoms with E-state index in [1.807, 2.05) is 12.1 Å². The lowest BCUT2D eigenvalue weighted by atomic mass is 10.0. The van der Waals surface area contributed by atoms with Gasteiger partial charge in [0.2, 0.25) is 0 Å². The minimum absolute atomic E-state index is 0.00451. The lowest BCUT2D eigenvalue weighted by Gasteiger charge is -2.30. The maximum atomic E-state index is 13.3. The van der Waals surface area contributed by atoms with Crippen molar-refractivity contribution in [2.75, 3.05) is 24.6 Å². The molecule has 7 nitrogen and oxygen atoms in total. The molecule has 4 rings (SSSR count). The van der Waals surface area contributed by atoms with Gasteiger partial charge < -0.3 is 9.47 Å². The maximum Gasteiger partial charge on any atom is 0.338 e. The van der Waals surface area contributed by atoms with Crippen LogP contribution in [0.2, 0.25) is 0 Å². The third-order valence-corrected chi connectivity index (χ3v) is 7.28. The highest BCUT2D eigenvalue weighted by Crippen LogP contribution is 2.32. The number of Topliss-reactive ketones (excluding diaryl/α,β-unsaturated/α-hetero) is 1. The van der Waals surface area contributed by atoms with E-state index in [-0.39, 0.29) is 16.2 Å². The van der Waals surface area contributed by atoms with Crippen LogP contribution < -0.4 is 9.04 Å². The third-order valence-electron chi connectivity index (χ3n) is 5.47. The summed E-state index contributed by atoms with van der Waals surface area (Å²) in [5.41, 5.74) is 2.06. The van der Waals surface area contributed by atoms with Gasteiger partial charge in [-0.1, -0.05) is 24.3 Å². The van der Waals surface area contributed by atoms with Crippen LogP contribution in [0.1, 0.15) is 32.7 Å². The topological polar surface area (TPSA) is 90.0 Å². The molecule has 3 aromatic carbocycles. The highest BCUT2D eigenvalue weighted by atomic mass is 32.2. The molecule has 33 heavy (non-hydrogen) atoms. The van der Waals surface area contributed by atoms with Gasteiger partial charge in [-0.25, -0.2) is 13.2 Å². The van der Waals surface area contributed by atoms with Crippen molar-refractivity contribution in [1.29, 1.82) is 0 Å². The van der Waals surface area contributed by atoms with Gasteiger partial charge in [0.05, 0.1) is 23.3 Å². The number of rotatable bonds is 7. The Kier molecular flexibility index (Phi) is 6.46. The SMILES string of the molecule is COc1ccc(C(=O)COC(=O)c2cccc(S(=O)(=O)N3CCCc4ccccc43)c2)cc1. The summed E-state index contributed by atoms with van der Waals surface area (Å²) in [4.78, 5) is 24.8. The third kappa shape index (κ3) is 4.75. The lowest BCUT2D eigenvalue weighted by Crippen LogP contribution is -2.35. The second-order valence-electron chi connectivity index (χ2n) is 7.57. The molecule has 1 aliphatic rings. The van der Waals surface area contributed by atoms with E-state index in [4.69, 9.17) is 9.47 Å². The molecule has 0 radical (unpaired) electrons. The van der Waals surface area contributed by atoms with Crippen LogP contribution in [-0.4, -0.2) is 40.4 Å². The zero-order valence-electron chi connectivity index (χ0n) is 18.1. The van der Waals surface area contributed by atoms with Crippen LogP contribution in [0.3, 0.4) is 0 Å². The first-order chi connectivity index (χ1) is 15.9. The number of ether oxygens (including phenoxy) is 2. The Labute approximate surface area is 192 Å². The fourth-order valence-corrected chi connectivity index (χ4v) is 5.32. The Morgan fingerprint density at radius 2 is 1.70 bits per heavy atom. The Hall–Kier alpha value is -3.65. The van der Waals surface area contributed by atoms with E-state index >= 15 is 0 Å². The number of carbonyl (C=O) groups is 2. The first kappa shape index (κ1) is 22.5. The number of methoxy groups -OCH3 is 1. The zero-order chi connectivity index (χ0) is 23.4. The molecule has 0 atom stereocenters. The summed E-state index contributed by atoms with van der Waals surface area (Å²) >= 11 is 0. The number of aryl methyl sites for hydroxylation is 1. The minimum atomic E-state index is -3.87. The van der Waals surface area contributed by atoms with Gasteiger partial charge >= 0.3 is 5.97 Å². The predicted molar refractivity (Wildman–Crippen MR) is 123 cm³/mol. The number of benzene rings is 3. The van der Waals surface area contributed by atoms with E-state index in [0.717, 1.165) is 12.0 Å². The lowest BCUT2D eigenvalue weighted by molar-refractivity contribution is 0.0474. The molecule has 0 unspecified atom stereocenters. The van der Waals surface area contributed by atoms with Crippen LogP contribution in [0.5, 0.6) is 5.75 Å². The largest absolute Gasteiger partial charge is 0.497 e. The summed E-state index contributed by atoms with van der Waals surface area (Å²) in [5, 5.41) is 0. The molecule has 1 heterocycles. The van der Waals surface area contributed by atoms with Crippen molar-refractivity contribution in [3.8, 4) is 5.75 Å². The van der Waals surface area contributed by atoms with Crippen LogP contribution >= 0.6 is 0 Å². The Bertz CT molecular complexity index is 1280. The molecule has 170 valence electrons. The normalized spacial score (nSPS) is 13.2. The van der Waals surface area contributed by atoms with Crippen LogP contribution in [0.4, 0.5) is 5.69 Å². The summed E-state index contributed by atoms with van der Waals surface area (Å²) in [7, 11) is -2.34. The molecule has 0 aromatic heterocycles. The minimum Gasteiger partial charge on any atom is -0.497 e. The average molecular weight is 466 g/mol. The van der Waals surface area contributed by atoms with Gasteiger partial charge in [-0.3, -0.25) is 9.10 Å². The van der Waals surface area contributed by atoms with E-state index in [2.05, 4.69) is 0 Å². The van der Waals surface area contributed by atoms with E-state index in [1.165, 1.54) is 35.7 Å². The number of anilines is 1. The van der Waals surface area contributed by atoms with Gasteiger partial charge in [-0.05, 0) is 66.9 Å². The number of fused-ring (bicyclic) bond motifs is 1. The molecule has 3 aromatic rings. The van der Waals surface area contributed by atoms with Crippen molar-refractivity contribution >= 4 is 27.5 Å². The Morgan fingerprint density at radius 1 is 0.939 bits per heavy atom. The molecule has 0 spiro atoms. The first-order valence-corrected chi connectivity index (χ1v) is 11.9. The molecule has 0 saturated carbocycles. The molecule has 0 fully saturated rings. The number of sulfonamides is 1. The maximum absolute atomic E-state index is 13.3. The van der Waals surface area contributed by atoms with Crippen LogP contribution in [-0.2, 0) is 21.2 Å². The van der Waals surface area contributed by atoms with Crippen molar-refractivity contribution in [1.82, 2.24) is 0 Å². The van der Waals surface area contributed by atoms with Gasteiger partial charge in [0, 0.05) is 12.1 Å². The number of hydrogen-bond donors (Lipinski definition) is 0. The molecular formula is C25H23NO6S. The van der Waals surface area contributed by atoms with Crippen LogP contribution in [0.25, 0.3) is 0 Å². The first-order valence-electron chi connectivity index (χ1n) is 10.5. The predicted octanol–water partition coefficient (Wildman–Crippen LogP) is 3.88. The number of carbonyl (C=O) groups excluding carboxylic acids is 2. The standard InChI is InChI=1S/C25H23NO6S/c1-31-21-13-11-19(12-14-21)24(27)17-32-25(28)20-7-4-9-22(16-20)33(29,30)26-15-5-8-18-6-2-3-10-23(18)26/h2-4,6-7,9-14,16H,5,8,15,17H2,1H3. The highest BCUT2D eigenvalue weighted by Gasteiger charge is 2.29. The fraction of sp³-hybridized carbons (Fsp3) is 0.200. The number of ketones is 1. The van der Waals surface area contributed by atoms with Gasteiger partial charge in [0.15, 0.2) is 12.4 Å². The second-order valence-corrected chi connectivity index (χ2v) is 9.43. The van der Waals surface area contributed by atoms with Crippen molar-refractivity contribution < 1.29 is 27.5 Å².